The number of likely N-dealkylation sites (N-methyl/N-ethyl adjacent to an activating group) is 2. The quantitative estimate of drug-likeness (QED) is 0.116. The Kier molecular flexibility index (Phi) is 14.3. The average molecular weight is 759 g/mol. The zero-order chi connectivity index (χ0) is 39.4. The normalized spacial score (nSPS) is 13.9. The highest BCUT2D eigenvalue weighted by Crippen LogP contribution is 2.29. The Balaban J connectivity index is 1.40. The minimum Gasteiger partial charge on any atom is -0.497 e. The topological polar surface area (TPSA) is 74.8 Å². The zero-order valence-electron chi connectivity index (χ0n) is 31.8. The van der Waals surface area contributed by atoms with Gasteiger partial charge in [-0.15, -0.1) is 0 Å². The van der Waals surface area contributed by atoms with E-state index in [2.05, 4.69) is 9.80 Å². The van der Waals surface area contributed by atoms with Crippen molar-refractivity contribution in [3.8, 4) is 11.5 Å². The fourth-order valence-corrected chi connectivity index (χ4v) is 6.42. The van der Waals surface area contributed by atoms with Gasteiger partial charge in [0.05, 0.1) is 33.0 Å². The number of carbonyl (C=O) groups excluding carboxylic acids is 2. The van der Waals surface area contributed by atoms with Gasteiger partial charge in [0.25, 0.3) is 0 Å². The van der Waals surface area contributed by atoms with E-state index in [9.17, 15) is 22.8 Å². The average Bonchev–Trinajstić information content (AvgIpc) is 3.20. The number of morpholine rings is 1. The predicted molar refractivity (Wildman–Crippen MR) is 208 cm³/mol. The summed E-state index contributed by atoms with van der Waals surface area (Å²) in [6.45, 7) is 4.51. The van der Waals surface area contributed by atoms with Gasteiger partial charge in [-0.1, -0.05) is 54.6 Å². The number of carbonyl (C=O) groups is 2. The van der Waals surface area contributed by atoms with Gasteiger partial charge in [0.1, 0.15) is 17.5 Å². The number of methoxy groups -OCH3 is 2. The standard InChI is InChI=1S/C43H49F3N4O5/c1-47(30-35-26-38(53-3)29-39(27-35)54-4)20-21-48(2)42(52)40(28-33-8-6-5-7-9-33)50(31-34-12-17-37(18-13-34)49-22-24-55-25-23-49)41(51)19-14-32-10-15-36(16-11-32)43(44,45)46/h5-19,26-27,29,40H,20-25,28,30-31H2,1-4H3/b19-14+/t40-/m0/s1. The lowest BCUT2D eigenvalue weighted by Gasteiger charge is -2.34. The van der Waals surface area contributed by atoms with Gasteiger partial charge in [-0.2, -0.15) is 13.2 Å². The Hall–Kier alpha value is -5.33. The molecule has 1 aliphatic heterocycles. The number of rotatable bonds is 16. The van der Waals surface area contributed by atoms with Gasteiger partial charge in [0.15, 0.2) is 0 Å². The number of anilines is 1. The summed E-state index contributed by atoms with van der Waals surface area (Å²) in [6.07, 6.45) is -1.41. The van der Waals surface area contributed by atoms with Gasteiger partial charge in [-0.3, -0.25) is 9.59 Å². The van der Waals surface area contributed by atoms with Crippen molar-refractivity contribution in [3.63, 3.8) is 0 Å². The first kappa shape index (κ1) is 40.8. The lowest BCUT2D eigenvalue weighted by atomic mass is 10.0. The highest BCUT2D eigenvalue weighted by atomic mass is 19.4. The molecule has 0 unspecified atom stereocenters. The van der Waals surface area contributed by atoms with E-state index in [1.54, 1.807) is 31.1 Å². The van der Waals surface area contributed by atoms with Crippen molar-refractivity contribution >= 4 is 23.6 Å². The minimum absolute atomic E-state index is 0.133. The molecule has 9 nitrogen and oxygen atoms in total. The van der Waals surface area contributed by atoms with Gasteiger partial charge in [-0.05, 0) is 71.8 Å². The Morgan fingerprint density at radius 3 is 2.04 bits per heavy atom. The van der Waals surface area contributed by atoms with Crippen LogP contribution in [0.4, 0.5) is 18.9 Å². The molecule has 1 fully saturated rings. The number of hydrogen-bond acceptors (Lipinski definition) is 7. The molecule has 0 radical (unpaired) electrons. The molecular formula is C43H49F3N4O5. The van der Waals surface area contributed by atoms with E-state index in [1.165, 1.54) is 24.3 Å². The minimum atomic E-state index is -4.47. The molecule has 292 valence electrons. The molecule has 0 spiro atoms. The Morgan fingerprint density at radius 1 is 0.800 bits per heavy atom. The zero-order valence-corrected chi connectivity index (χ0v) is 31.8. The number of nitrogens with zero attached hydrogens (tertiary/aromatic N) is 4. The van der Waals surface area contributed by atoms with Crippen LogP contribution in [0.1, 0.15) is 27.8 Å². The predicted octanol–water partition coefficient (Wildman–Crippen LogP) is 6.80. The Labute approximate surface area is 321 Å². The summed E-state index contributed by atoms with van der Waals surface area (Å²) in [5, 5.41) is 0. The van der Waals surface area contributed by atoms with Crippen LogP contribution in [0.15, 0.2) is 103 Å². The summed E-state index contributed by atoms with van der Waals surface area (Å²) in [7, 11) is 6.91. The lowest BCUT2D eigenvalue weighted by molar-refractivity contribution is -0.143. The first-order valence-corrected chi connectivity index (χ1v) is 18.2. The molecule has 1 saturated heterocycles. The second-order valence-electron chi connectivity index (χ2n) is 13.6. The van der Waals surface area contributed by atoms with Gasteiger partial charge >= 0.3 is 6.18 Å². The van der Waals surface area contributed by atoms with E-state index < -0.39 is 23.7 Å². The molecule has 1 heterocycles. The van der Waals surface area contributed by atoms with Crippen LogP contribution in [0.5, 0.6) is 11.5 Å². The Morgan fingerprint density at radius 2 is 1.44 bits per heavy atom. The highest BCUT2D eigenvalue weighted by Gasteiger charge is 2.32. The number of ether oxygens (including phenoxy) is 3. The van der Waals surface area contributed by atoms with Crippen molar-refractivity contribution < 1.29 is 37.0 Å². The summed E-state index contributed by atoms with van der Waals surface area (Å²) in [4.78, 5) is 36.3. The van der Waals surface area contributed by atoms with Crippen molar-refractivity contribution in [2.24, 2.45) is 0 Å². The molecule has 0 bridgehead atoms. The van der Waals surface area contributed by atoms with Gasteiger partial charge < -0.3 is 33.8 Å². The molecule has 12 heteroatoms. The SMILES string of the molecule is COc1cc(CN(C)CCN(C)C(=O)[C@H](Cc2ccccc2)N(Cc2ccc(N3CCOCC3)cc2)C(=O)/C=C/c2ccc(C(F)(F)F)cc2)cc(OC)c1. The largest absolute Gasteiger partial charge is 0.497 e. The third kappa shape index (κ3) is 11.8. The third-order valence-electron chi connectivity index (χ3n) is 9.60. The smallest absolute Gasteiger partial charge is 0.416 e. The van der Waals surface area contributed by atoms with Crippen molar-refractivity contribution in [2.45, 2.75) is 31.7 Å². The molecule has 55 heavy (non-hydrogen) atoms. The number of hydrogen-bond donors (Lipinski definition) is 0. The van der Waals surface area contributed by atoms with Crippen LogP contribution in [0.3, 0.4) is 0 Å². The molecule has 4 aromatic rings. The maximum Gasteiger partial charge on any atom is 0.416 e. The van der Waals surface area contributed by atoms with Crippen LogP contribution in [0.25, 0.3) is 6.08 Å². The van der Waals surface area contributed by atoms with Crippen molar-refractivity contribution in [1.29, 1.82) is 0 Å². The van der Waals surface area contributed by atoms with Gasteiger partial charge in [-0.25, -0.2) is 0 Å². The molecule has 0 saturated carbocycles. The van der Waals surface area contributed by atoms with E-state index in [0.29, 0.717) is 49.9 Å². The summed E-state index contributed by atoms with van der Waals surface area (Å²) in [5.41, 5.74) is 3.39. The van der Waals surface area contributed by atoms with Crippen LogP contribution in [0, 0.1) is 0 Å². The first-order valence-electron chi connectivity index (χ1n) is 18.2. The molecule has 0 aliphatic carbocycles. The monoisotopic (exact) mass is 758 g/mol. The molecule has 0 aromatic heterocycles. The maximum atomic E-state index is 14.5. The van der Waals surface area contributed by atoms with E-state index >= 15 is 0 Å². The van der Waals surface area contributed by atoms with Crippen LogP contribution in [-0.2, 0) is 40.0 Å². The molecule has 0 N–H and O–H groups in total. The lowest BCUT2D eigenvalue weighted by Crippen LogP contribution is -2.51. The second-order valence-corrected chi connectivity index (χ2v) is 13.6. The molecule has 1 aliphatic rings. The third-order valence-corrected chi connectivity index (χ3v) is 9.60. The highest BCUT2D eigenvalue weighted by molar-refractivity contribution is 5.95. The van der Waals surface area contributed by atoms with Gasteiger partial charge in [0, 0.05) is 70.6 Å². The summed E-state index contributed by atoms with van der Waals surface area (Å²) in [5.74, 6) is 0.698. The molecule has 2 amide bonds. The van der Waals surface area contributed by atoms with E-state index in [0.717, 1.165) is 47.6 Å². The summed E-state index contributed by atoms with van der Waals surface area (Å²) in [6, 6.07) is 26.9. The van der Waals surface area contributed by atoms with Crippen LogP contribution < -0.4 is 14.4 Å². The van der Waals surface area contributed by atoms with Crippen LogP contribution >= 0.6 is 0 Å². The fourth-order valence-electron chi connectivity index (χ4n) is 6.42. The molecule has 1 atom stereocenters. The van der Waals surface area contributed by atoms with Crippen molar-refractivity contribution in [1.82, 2.24) is 14.7 Å². The number of benzene rings is 4. The maximum absolute atomic E-state index is 14.5. The van der Waals surface area contributed by atoms with Crippen LogP contribution in [-0.4, -0.2) is 100 Å². The van der Waals surface area contributed by atoms with Crippen molar-refractivity contribution in [2.75, 3.05) is 72.6 Å². The van der Waals surface area contributed by atoms with E-state index in [4.69, 9.17) is 14.2 Å². The first-order chi connectivity index (χ1) is 26.4. The van der Waals surface area contributed by atoms with E-state index in [1.807, 2.05) is 79.8 Å². The molecule has 4 aromatic carbocycles. The van der Waals surface area contributed by atoms with Gasteiger partial charge in [0.2, 0.25) is 11.8 Å². The molecule has 5 rings (SSSR count). The summed E-state index contributed by atoms with van der Waals surface area (Å²) < 4.78 is 56.0. The Bertz CT molecular complexity index is 1840. The van der Waals surface area contributed by atoms with Crippen molar-refractivity contribution in [3.05, 3.63) is 131 Å². The fraction of sp³-hybridized carbons (Fsp3) is 0.349. The van der Waals surface area contributed by atoms with Crippen LogP contribution in [0.2, 0.25) is 0 Å². The number of halogens is 3. The second kappa shape index (κ2) is 19.3. The number of amides is 2. The number of alkyl halides is 3. The summed E-state index contributed by atoms with van der Waals surface area (Å²) >= 11 is 0. The van der Waals surface area contributed by atoms with E-state index in [-0.39, 0.29) is 18.9 Å². The molecular weight excluding hydrogens is 709 g/mol.